The summed E-state index contributed by atoms with van der Waals surface area (Å²) < 4.78 is 38.6. The van der Waals surface area contributed by atoms with E-state index in [1.54, 1.807) is 31.2 Å². The first kappa shape index (κ1) is 20.1. The molecule has 26 heavy (non-hydrogen) atoms. The van der Waals surface area contributed by atoms with E-state index in [0.717, 1.165) is 10.6 Å². The monoisotopic (exact) mass is 441 g/mol. The van der Waals surface area contributed by atoms with E-state index < -0.39 is 22.5 Å². The maximum atomic E-state index is 12.9. The van der Waals surface area contributed by atoms with Gasteiger partial charge in [-0.15, -0.1) is 0 Å². The number of anilines is 1. The van der Waals surface area contributed by atoms with E-state index in [0.29, 0.717) is 21.4 Å². The molecule has 0 unspecified atom stereocenters. The Balaban J connectivity index is 2.14. The molecular weight excluding hydrogens is 425 g/mol. The molecular formula is C17H17BrFN3O3S. The van der Waals surface area contributed by atoms with Crippen molar-refractivity contribution in [1.82, 2.24) is 5.43 Å². The third kappa shape index (κ3) is 5.37. The fraction of sp³-hybridized carbons (Fsp3) is 0.176. The van der Waals surface area contributed by atoms with Gasteiger partial charge in [-0.25, -0.2) is 18.2 Å². The maximum absolute atomic E-state index is 12.9. The Hall–Kier alpha value is -2.26. The van der Waals surface area contributed by atoms with Gasteiger partial charge in [0.25, 0.3) is 5.91 Å². The zero-order valence-corrected chi connectivity index (χ0v) is 16.5. The van der Waals surface area contributed by atoms with Crippen molar-refractivity contribution < 1.29 is 17.6 Å². The van der Waals surface area contributed by atoms with Crippen molar-refractivity contribution in [2.45, 2.75) is 6.92 Å². The van der Waals surface area contributed by atoms with Gasteiger partial charge in [0.1, 0.15) is 12.4 Å². The molecule has 0 spiro atoms. The van der Waals surface area contributed by atoms with Gasteiger partial charge >= 0.3 is 0 Å². The molecule has 0 aromatic heterocycles. The molecule has 2 rings (SSSR count). The summed E-state index contributed by atoms with van der Waals surface area (Å²) in [6.45, 7) is 1.22. The lowest BCUT2D eigenvalue weighted by Gasteiger charge is -2.22. The third-order valence-corrected chi connectivity index (χ3v) is 5.22. The van der Waals surface area contributed by atoms with Crippen LogP contribution in [0.15, 0.2) is 58.1 Å². The number of halogens is 2. The number of carbonyl (C=O) groups excluding carboxylic acids is 1. The number of rotatable bonds is 6. The van der Waals surface area contributed by atoms with Crippen LogP contribution in [0, 0.1) is 5.82 Å². The van der Waals surface area contributed by atoms with Gasteiger partial charge in [-0.2, -0.15) is 5.10 Å². The van der Waals surface area contributed by atoms with E-state index in [1.807, 2.05) is 0 Å². The van der Waals surface area contributed by atoms with Crippen molar-refractivity contribution >= 4 is 43.3 Å². The first-order valence-electron chi connectivity index (χ1n) is 7.50. The first-order valence-corrected chi connectivity index (χ1v) is 10.1. The molecule has 0 atom stereocenters. The lowest BCUT2D eigenvalue weighted by Crippen LogP contribution is -2.39. The smallest absolute Gasteiger partial charge is 0.260 e. The van der Waals surface area contributed by atoms with Gasteiger partial charge < -0.3 is 0 Å². The standard InChI is InChI=1S/C17H17BrFN3O3S/c1-12(13-7-9-14(19)10-8-13)20-21-17(23)11-22(26(2,24)25)16-6-4-3-5-15(16)18/h3-10H,11H2,1-2H3,(H,21,23)/b20-12-. The summed E-state index contributed by atoms with van der Waals surface area (Å²) >= 11 is 3.28. The van der Waals surface area contributed by atoms with Crippen LogP contribution in [0.2, 0.25) is 0 Å². The van der Waals surface area contributed by atoms with E-state index in [1.165, 1.54) is 24.3 Å². The van der Waals surface area contributed by atoms with E-state index in [9.17, 15) is 17.6 Å². The second kappa shape index (κ2) is 8.41. The van der Waals surface area contributed by atoms with Crippen molar-refractivity contribution in [2.75, 3.05) is 17.1 Å². The maximum Gasteiger partial charge on any atom is 0.260 e. The molecule has 0 aliphatic carbocycles. The molecule has 0 radical (unpaired) electrons. The third-order valence-electron chi connectivity index (χ3n) is 3.42. The van der Waals surface area contributed by atoms with Crippen molar-refractivity contribution in [1.29, 1.82) is 0 Å². The molecule has 1 amide bonds. The topological polar surface area (TPSA) is 78.8 Å². The summed E-state index contributed by atoms with van der Waals surface area (Å²) in [5.74, 6) is -0.976. The van der Waals surface area contributed by atoms with Crippen LogP contribution in [0.1, 0.15) is 12.5 Å². The number of hydrogen-bond donors (Lipinski definition) is 1. The second-order valence-corrected chi connectivity index (χ2v) is 8.22. The number of carbonyl (C=O) groups is 1. The van der Waals surface area contributed by atoms with Gasteiger partial charge in [-0.1, -0.05) is 24.3 Å². The first-order chi connectivity index (χ1) is 12.2. The molecule has 0 saturated carbocycles. The number of nitrogens with zero attached hydrogens (tertiary/aromatic N) is 2. The molecule has 6 nitrogen and oxygen atoms in total. The van der Waals surface area contributed by atoms with Gasteiger partial charge in [-0.05, 0) is 52.7 Å². The van der Waals surface area contributed by atoms with Gasteiger partial charge in [-0.3, -0.25) is 9.10 Å². The fourth-order valence-electron chi connectivity index (χ4n) is 2.10. The van der Waals surface area contributed by atoms with Crippen molar-refractivity contribution in [3.05, 3.63) is 64.4 Å². The molecule has 9 heteroatoms. The molecule has 138 valence electrons. The number of para-hydroxylation sites is 1. The summed E-state index contributed by atoms with van der Waals surface area (Å²) in [7, 11) is -3.68. The number of benzene rings is 2. The molecule has 2 aromatic rings. The van der Waals surface area contributed by atoms with Crippen molar-refractivity contribution in [3.63, 3.8) is 0 Å². The van der Waals surface area contributed by atoms with Crippen LogP contribution in [-0.4, -0.2) is 32.8 Å². The van der Waals surface area contributed by atoms with Crippen LogP contribution in [0.4, 0.5) is 10.1 Å². The minimum atomic E-state index is -3.68. The van der Waals surface area contributed by atoms with Gasteiger partial charge in [0, 0.05) is 4.47 Å². The number of amides is 1. The van der Waals surface area contributed by atoms with E-state index >= 15 is 0 Å². The summed E-state index contributed by atoms with van der Waals surface area (Å²) in [5, 5.41) is 3.94. The summed E-state index contributed by atoms with van der Waals surface area (Å²) in [5.41, 5.74) is 3.77. The fourth-order valence-corrected chi connectivity index (χ4v) is 3.59. The average molecular weight is 442 g/mol. The van der Waals surface area contributed by atoms with E-state index in [-0.39, 0.29) is 5.82 Å². The Kier molecular flexibility index (Phi) is 6.49. The average Bonchev–Trinajstić information content (AvgIpc) is 2.58. The molecule has 0 heterocycles. The predicted octanol–water partition coefficient (Wildman–Crippen LogP) is 2.89. The highest BCUT2D eigenvalue weighted by molar-refractivity contribution is 9.10. The lowest BCUT2D eigenvalue weighted by atomic mass is 10.1. The number of nitrogens with one attached hydrogen (secondary N) is 1. The Morgan fingerprint density at radius 2 is 1.81 bits per heavy atom. The summed E-state index contributed by atoms with van der Waals surface area (Å²) in [4.78, 5) is 12.2. The van der Waals surface area contributed by atoms with E-state index in [2.05, 4.69) is 26.5 Å². The SMILES string of the molecule is C/C(=N/NC(=O)CN(c1ccccc1Br)S(C)(=O)=O)c1ccc(F)cc1. The highest BCUT2D eigenvalue weighted by Crippen LogP contribution is 2.27. The Bertz CT molecular complexity index is 931. The molecule has 0 aliphatic rings. The van der Waals surface area contributed by atoms with Crippen LogP contribution in [0.5, 0.6) is 0 Å². The number of sulfonamides is 1. The quantitative estimate of drug-likeness (QED) is 0.552. The number of hydrogen-bond acceptors (Lipinski definition) is 4. The zero-order valence-electron chi connectivity index (χ0n) is 14.1. The molecule has 0 bridgehead atoms. The minimum absolute atomic E-state index is 0.351. The summed E-state index contributed by atoms with van der Waals surface area (Å²) in [6, 6.07) is 12.3. The van der Waals surface area contributed by atoms with Crippen LogP contribution in [0.25, 0.3) is 0 Å². The zero-order chi connectivity index (χ0) is 19.3. The Morgan fingerprint density at radius 1 is 1.19 bits per heavy atom. The highest BCUT2D eigenvalue weighted by atomic mass is 79.9. The number of hydrazone groups is 1. The molecule has 0 saturated heterocycles. The van der Waals surface area contributed by atoms with Crippen LogP contribution in [0.3, 0.4) is 0 Å². The lowest BCUT2D eigenvalue weighted by molar-refractivity contribution is -0.119. The highest BCUT2D eigenvalue weighted by Gasteiger charge is 2.22. The molecule has 0 fully saturated rings. The minimum Gasteiger partial charge on any atom is -0.271 e. The van der Waals surface area contributed by atoms with Crippen LogP contribution in [-0.2, 0) is 14.8 Å². The van der Waals surface area contributed by atoms with E-state index in [4.69, 9.17) is 0 Å². The summed E-state index contributed by atoms with van der Waals surface area (Å²) in [6.07, 6.45) is 1.02. The van der Waals surface area contributed by atoms with Crippen LogP contribution >= 0.6 is 15.9 Å². The second-order valence-electron chi connectivity index (χ2n) is 5.46. The van der Waals surface area contributed by atoms with Crippen molar-refractivity contribution in [3.8, 4) is 0 Å². The molecule has 2 aromatic carbocycles. The van der Waals surface area contributed by atoms with Gasteiger partial charge in [0.05, 0.1) is 17.7 Å². The normalized spacial score (nSPS) is 11.9. The Morgan fingerprint density at radius 3 is 2.38 bits per heavy atom. The van der Waals surface area contributed by atoms with Crippen molar-refractivity contribution in [2.24, 2.45) is 5.10 Å². The Labute approximate surface area is 159 Å². The molecule has 1 N–H and O–H groups in total. The van der Waals surface area contributed by atoms with Gasteiger partial charge in [0.15, 0.2) is 0 Å². The van der Waals surface area contributed by atoms with Gasteiger partial charge in [0.2, 0.25) is 10.0 Å². The largest absolute Gasteiger partial charge is 0.271 e. The van der Waals surface area contributed by atoms with Crippen LogP contribution < -0.4 is 9.73 Å². The molecule has 0 aliphatic heterocycles. The predicted molar refractivity (Wildman–Crippen MR) is 103 cm³/mol.